The van der Waals surface area contributed by atoms with Crippen LogP contribution in [0.15, 0.2) is 18.6 Å². The summed E-state index contributed by atoms with van der Waals surface area (Å²) in [5.41, 5.74) is -0.151. The van der Waals surface area contributed by atoms with Gasteiger partial charge in [-0.05, 0) is 25.3 Å². The van der Waals surface area contributed by atoms with E-state index in [4.69, 9.17) is 27.9 Å². The summed E-state index contributed by atoms with van der Waals surface area (Å²) in [7, 11) is 0. The summed E-state index contributed by atoms with van der Waals surface area (Å²) in [4.78, 5) is 14.1. The van der Waals surface area contributed by atoms with Crippen LogP contribution >= 0.6 is 23.2 Å². The normalized spacial score (nSPS) is 17.9. The van der Waals surface area contributed by atoms with E-state index in [-0.39, 0.29) is 17.0 Å². The SMILES string of the molecule is CCc1ncnc(N2CCCC(Oc3ncc(C(F)(F)F)cc3Cl)C2)c1Cl. The van der Waals surface area contributed by atoms with Crippen molar-refractivity contribution < 1.29 is 17.9 Å². The highest BCUT2D eigenvalue weighted by Gasteiger charge is 2.32. The Morgan fingerprint density at radius 3 is 2.70 bits per heavy atom. The third kappa shape index (κ3) is 4.55. The van der Waals surface area contributed by atoms with Gasteiger partial charge in [0.2, 0.25) is 5.88 Å². The number of alkyl halides is 3. The van der Waals surface area contributed by atoms with Crippen molar-refractivity contribution in [2.24, 2.45) is 0 Å². The lowest BCUT2D eigenvalue weighted by molar-refractivity contribution is -0.137. The molecule has 3 rings (SSSR count). The van der Waals surface area contributed by atoms with Gasteiger partial charge in [-0.2, -0.15) is 13.2 Å². The summed E-state index contributed by atoms with van der Waals surface area (Å²) in [6, 6.07) is 0.819. The molecule has 0 N–H and O–H groups in total. The highest BCUT2D eigenvalue weighted by Crippen LogP contribution is 2.34. The van der Waals surface area contributed by atoms with Crippen molar-refractivity contribution in [3.05, 3.63) is 39.9 Å². The van der Waals surface area contributed by atoms with Crippen molar-refractivity contribution in [2.75, 3.05) is 18.0 Å². The fourth-order valence-corrected chi connectivity index (χ4v) is 3.48. The predicted octanol–water partition coefficient (Wildman–Crippen LogP) is 4.81. The van der Waals surface area contributed by atoms with Crippen LogP contribution in [0.3, 0.4) is 0 Å². The average molecular weight is 421 g/mol. The number of hydrogen-bond acceptors (Lipinski definition) is 5. The fourth-order valence-electron chi connectivity index (χ4n) is 2.91. The Balaban J connectivity index is 1.74. The summed E-state index contributed by atoms with van der Waals surface area (Å²) in [6.07, 6.45) is -0.388. The predicted molar refractivity (Wildman–Crippen MR) is 96.5 cm³/mol. The van der Waals surface area contributed by atoms with Crippen LogP contribution in [0.2, 0.25) is 10.0 Å². The molecule has 1 aliphatic rings. The maximum Gasteiger partial charge on any atom is 0.417 e. The molecular weight excluding hydrogens is 404 g/mol. The standard InChI is InChI=1S/C17H17Cl2F3N4O/c1-2-13-14(19)15(25-9-24-13)26-5-3-4-11(8-26)27-16-12(18)6-10(7-23-16)17(20,21)22/h6-7,9,11H,2-5,8H2,1H3. The molecule has 0 bridgehead atoms. The van der Waals surface area contributed by atoms with Gasteiger partial charge in [-0.25, -0.2) is 15.0 Å². The summed E-state index contributed by atoms with van der Waals surface area (Å²) in [5, 5.41) is 0.335. The molecule has 0 aromatic carbocycles. The third-order valence-electron chi connectivity index (χ3n) is 4.27. The van der Waals surface area contributed by atoms with E-state index >= 15 is 0 Å². The first-order chi connectivity index (χ1) is 12.8. The number of ether oxygens (including phenoxy) is 1. The minimum atomic E-state index is -4.50. The zero-order valence-electron chi connectivity index (χ0n) is 14.4. The van der Waals surface area contributed by atoms with E-state index in [1.807, 2.05) is 11.8 Å². The lowest BCUT2D eigenvalue weighted by Gasteiger charge is -2.34. The number of nitrogens with zero attached hydrogens (tertiary/aromatic N) is 4. The monoisotopic (exact) mass is 420 g/mol. The zero-order valence-corrected chi connectivity index (χ0v) is 15.9. The van der Waals surface area contributed by atoms with Crippen LogP contribution in [-0.4, -0.2) is 34.1 Å². The molecule has 1 fully saturated rings. The van der Waals surface area contributed by atoms with E-state index in [1.165, 1.54) is 6.33 Å². The van der Waals surface area contributed by atoms with Crippen LogP contribution in [0.4, 0.5) is 19.0 Å². The molecule has 1 unspecified atom stereocenters. The number of anilines is 1. The number of pyridine rings is 1. The van der Waals surface area contributed by atoms with E-state index in [1.54, 1.807) is 0 Å². The Kier molecular flexibility index (Phi) is 5.95. The first-order valence-corrected chi connectivity index (χ1v) is 9.19. The van der Waals surface area contributed by atoms with Gasteiger partial charge in [0.1, 0.15) is 22.5 Å². The minimum Gasteiger partial charge on any atom is -0.471 e. The van der Waals surface area contributed by atoms with Gasteiger partial charge in [0.05, 0.1) is 17.8 Å². The van der Waals surface area contributed by atoms with E-state index in [9.17, 15) is 13.2 Å². The Morgan fingerprint density at radius 1 is 1.26 bits per heavy atom. The molecule has 1 saturated heterocycles. The van der Waals surface area contributed by atoms with E-state index in [0.717, 1.165) is 37.3 Å². The molecule has 0 spiro atoms. The molecule has 2 aromatic rings. The number of piperidine rings is 1. The van der Waals surface area contributed by atoms with Gasteiger partial charge in [-0.1, -0.05) is 30.1 Å². The summed E-state index contributed by atoms with van der Waals surface area (Å²) in [5.74, 6) is 0.614. The van der Waals surface area contributed by atoms with Crippen LogP contribution in [0, 0.1) is 0 Å². The van der Waals surface area contributed by atoms with Crippen LogP contribution in [0.5, 0.6) is 5.88 Å². The number of aryl methyl sites for hydroxylation is 1. The molecule has 10 heteroatoms. The molecular formula is C17H17Cl2F3N4O. The van der Waals surface area contributed by atoms with Gasteiger partial charge < -0.3 is 9.64 Å². The van der Waals surface area contributed by atoms with Gasteiger partial charge in [-0.15, -0.1) is 0 Å². The molecule has 0 saturated carbocycles. The molecule has 0 radical (unpaired) electrons. The van der Waals surface area contributed by atoms with Crippen molar-refractivity contribution in [2.45, 2.75) is 38.5 Å². The van der Waals surface area contributed by atoms with E-state index < -0.39 is 11.7 Å². The molecule has 2 aromatic heterocycles. The molecule has 5 nitrogen and oxygen atoms in total. The van der Waals surface area contributed by atoms with E-state index in [2.05, 4.69) is 15.0 Å². The average Bonchev–Trinajstić information content (AvgIpc) is 2.63. The zero-order chi connectivity index (χ0) is 19.6. The lowest BCUT2D eigenvalue weighted by Crippen LogP contribution is -2.42. The van der Waals surface area contributed by atoms with Gasteiger partial charge in [-0.3, -0.25) is 0 Å². The second-order valence-electron chi connectivity index (χ2n) is 6.15. The summed E-state index contributed by atoms with van der Waals surface area (Å²) < 4.78 is 43.9. The molecule has 27 heavy (non-hydrogen) atoms. The summed E-state index contributed by atoms with van der Waals surface area (Å²) in [6.45, 7) is 3.17. The van der Waals surface area contributed by atoms with Crippen LogP contribution in [0.1, 0.15) is 31.0 Å². The van der Waals surface area contributed by atoms with Crippen molar-refractivity contribution in [1.29, 1.82) is 0 Å². The van der Waals surface area contributed by atoms with Crippen LogP contribution in [0.25, 0.3) is 0 Å². The van der Waals surface area contributed by atoms with Crippen molar-refractivity contribution in [1.82, 2.24) is 15.0 Å². The smallest absolute Gasteiger partial charge is 0.417 e. The summed E-state index contributed by atoms with van der Waals surface area (Å²) >= 11 is 12.3. The molecule has 1 atom stereocenters. The van der Waals surface area contributed by atoms with Crippen molar-refractivity contribution >= 4 is 29.0 Å². The fraction of sp³-hybridized carbons (Fsp3) is 0.471. The van der Waals surface area contributed by atoms with Crippen LogP contribution in [-0.2, 0) is 12.6 Å². The minimum absolute atomic E-state index is 0.0143. The Labute approximate surface area is 164 Å². The lowest BCUT2D eigenvalue weighted by atomic mass is 10.1. The third-order valence-corrected chi connectivity index (χ3v) is 4.93. The first kappa shape index (κ1) is 19.9. The molecule has 146 valence electrons. The molecule has 3 heterocycles. The maximum absolute atomic E-state index is 12.7. The van der Waals surface area contributed by atoms with Gasteiger partial charge >= 0.3 is 6.18 Å². The highest BCUT2D eigenvalue weighted by molar-refractivity contribution is 6.33. The quantitative estimate of drug-likeness (QED) is 0.710. The largest absolute Gasteiger partial charge is 0.471 e. The maximum atomic E-state index is 12.7. The van der Waals surface area contributed by atoms with Crippen molar-refractivity contribution in [3.63, 3.8) is 0 Å². The Hall–Kier alpha value is -1.80. The number of rotatable bonds is 4. The van der Waals surface area contributed by atoms with Gasteiger partial charge in [0.15, 0.2) is 5.82 Å². The number of hydrogen-bond donors (Lipinski definition) is 0. The Morgan fingerprint density at radius 2 is 2.04 bits per heavy atom. The van der Waals surface area contributed by atoms with Gasteiger partial charge in [0.25, 0.3) is 0 Å². The van der Waals surface area contributed by atoms with Crippen molar-refractivity contribution in [3.8, 4) is 5.88 Å². The second kappa shape index (κ2) is 8.06. The highest BCUT2D eigenvalue weighted by atomic mass is 35.5. The molecule has 0 aliphatic carbocycles. The second-order valence-corrected chi connectivity index (χ2v) is 6.93. The van der Waals surface area contributed by atoms with E-state index in [0.29, 0.717) is 23.8 Å². The number of aromatic nitrogens is 3. The van der Waals surface area contributed by atoms with Crippen LogP contribution < -0.4 is 9.64 Å². The molecule has 0 amide bonds. The van der Waals surface area contributed by atoms with Gasteiger partial charge in [0, 0.05) is 12.7 Å². The first-order valence-electron chi connectivity index (χ1n) is 8.43. The Bertz CT molecular complexity index is 819. The number of halogens is 5. The molecule has 1 aliphatic heterocycles. The topological polar surface area (TPSA) is 51.1 Å².